The second-order valence-electron chi connectivity index (χ2n) is 4.69. The minimum Gasteiger partial charge on any atom is -0.468 e. The molecule has 0 spiro atoms. The van der Waals surface area contributed by atoms with Gasteiger partial charge in [-0.05, 0) is 44.6 Å². The summed E-state index contributed by atoms with van der Waals surface area (Å²) in [5, 5.41) is 0. The van der Waals surface area contributed by atoms with Gasteiger partial charge >= 0.3 is 5.97 Å². The van der Waals surface area contributed by atoms with E-state index in [-0.39, 0.29) is 12.0 Å². The Balaban J connectivity index is 1.89. The number of likely N-dealkylation sites (N-methyl/N-ethyl adjacent to an activating group) is 1. The van der Waals surface area contributed by atoms with Gasteiger partial charge in [0.05, 0.1) is 7.11 Å². The van der Waals surface area contributed by atoms with Crippen molar-refractivity contribution < 1.29 is 9.53 Å². The fraction of sp³-hybridized carbons (Fsp3) is 0.909. The van der Waals surface area contributed by atoms with Gasteiger partial charge in [-0.2, -0.15) is 0 Å². The topological polar surface area (TPSA) is 29.5 Å². The first-order valence-electron chi connectivity index (χ1n) is 5.50. The Morgan fingerprint density at radius 3 is 2.50 bits per heavy atom. The van der Waals surface area contributed by atoms with Crippen LogP contribution in [0.3, 0.4) is 0 Å². The average molecular weight is 197 g/mol. The molecule has 2 rings (SSSR count). The van der Waals surface area contributed by atoms with Gasteiger partial charge in [-0.15, -0.1) is 0 Å². The quantitative estimate of drug-likeness (QED) is 0.622. The highest BCUT2D eigenvalue weighted by Crippen LogP contribution is 2.37. The Morgan fingerprint density at radius 1 is 1.43 bits per heavy atom. The second-order valence-corrected chi connectivity index (χ2v) is 4.69. The molecular weight excluding hydrogens is 178 g/mol. The molecule has 3 nitrogen and oxygen atoms in total. The molecule has 3 heteroatoms. The highest BCUT2D eigenvalue weighted by atomic mass is 16.5. The van der Waals surface area contributed by atoms with Gasteiger partial charge in [0.15, 0.2) is 0 Å². The SMILES string of the molecule is COC(=O)C(C1CC1)N(C)CC1CC1. The average Bonchev–Trinajstić information content (AvgIpc) is 2.96. The van der Waals surface area contributed by atoms with E-state index in [9.17, 15) is 4.79 Å². The number of hydrogen-bond acceptors (Lipinski definition) is 3. The number of ether oxygens (including phenoxy) is 1. The largest absolute Gasteiger partial charge is 0.468 e. The maximum absolute atomic E-state index is 11.6. The summed E-state index contributed by atoms with van der Waals surface area (Å²) in [5.74, 6) is 1.35. The molecule has 0 aliphatic heterocycles. The van der Waals surface area contributed by atoms with Crippen molar-refractivity contribution in [3.8, 4) is 0 Å². The predicted octanol–water partition coefficient (Wildman–Crippen LogP) is 1.28. The molecular formula is C11H19NO2. The molecule has 1 unspecified atom stereocenters. The zero-order chi connectivity index (χ0) is 10.1. The summed E-state index contributed by atoms with van der Waals surface area (Å²) in [6.07, 6.45) is 5.05. The van der Waals surface area contributed by atoms with Crippen LogP contribution in [0.5, 0.6) is 0 Å². The van der Waals surface area contributed by atoms with Gasteiger partial charge in [0.25, 0.3) is 0 Å². The number of rotatable bonds is 5. The minimum absolute atomic E-state index is 0.0283. The molecule has 2 saturated carbocycles. The molecule has 0 bridgehead atoms. The molecule has 0 radical (unpaired) electrons. The number of esters is 1. The summed E-state index contributed by atoms with van der Waals surface area (Å²) >= 11 is 0. The van der Waals surface area contributed by atoms with Crippen molar-refractivity contribution in [3.63, 3.8) is 0 Å². The van der Waals surface area contributed by atoms with Crippen LogP contribution in [0.2, 0.25) is 0 Å². The zero-order valence-corrected chi connectivity index (χ0v) is 9.03. The van der Waals surface area contributed by atoms with Gasteiger partial charge in [-0.3, -0.25) is 9.69 Å². The van der Waals surface area contributed by atoms with E-state index in [1.807, 2.05) is 0 Å². The van der Waals surface area contributed by atoms with Crippen molar-refractivity contribution in [1.82, 2.24) is 4.90 Å². The van der Waals surface area contributed by atoms with Gasteiger partial charge in [-0.1, -0.05) is 0 Å². The predicted molar refractivity (Wildman–Crippen MR) is 53.9 cm³/mol. The first kappa shape index (κ1) is 9.97. The summed E-state index contributed by atoms with van der Waals surface area (Å²) in [7, 11) is 3.54. The van der Waals surface area contributed by atoms with E-state index in [0.717, 1.165) is 12.5 Å². The molecule has 0 N–H and O–H groups in total. The van der Waals surface area contributed by atoms with Crippen LogP contribution in [-0.2, 0) is 9.53 Å². The van der Waals surface area contributed by atoms with Crippen LogP contribution in [0.15, 0.2) is 0 Å². The zero-order valence-electron chi connectivity index (χ0n) is 9.03. The molecule has 2 aliphatic carbocycles. The Kier molecular flexibility index (Phi) is 2.77. The Labute approximate surface area is 85.4 Å². The maximum Gasteiger partial charge on any atom is 0.323 e. The molecule has 1 atom stereocenters. The van der Waals surface area contributed by atoms with Gasteiger partial charge in [0.1, 0.15) is 6.04 Å². The summed E-state index contributed by atoms with van der Waals surface area (Å²) in [6.45, 7) is 1.07. The van der Waals surface area contributed by atoms with E-state index in [2.05, 4.69) is 11.9 Å². The van der Waals surface area contributed by atoms with Crippen molar-refractivity contribution in [2.24, 2.45) is 11.8 Å². The smallest absolute Gasteiger partial charge is 0.323 e. The lowest BCUT2D eigenvalue weighted by Gasteiger charge is -2.25. The highest BCUT2D eigenvalue weighted by Gasteiger charge is 2.40. The van der Waals surface area contributed by atoms with Crippen molar-refractivity contribution >= 4 is 5.97 Å². The van der Waals surface area contributed by atoms with E-state index in [0.29, 0.717) is 5.92 Å². The van der Waals surface area contributed by atoms with Crippen molar-refractivity contribution in [3.05, 3.63) is 0 Å². The van der Waals surface area contributed by atoms with Crippen LogP contribution < -0.4 is 0 Å². The second kappa shape index (κ2) is 3.89. The van der Waals surface area contributed by atoms with Gasteiger partial charge in [-0.25, -0.2) is 0 Å². The summed E-state index contributed by atoms with van der Waals surface area (Å²) in [6, 6.07) is 0.0283. The standard InChI is InChI=1S/C11H19NO2/c1-12(7-8-3-4-8)10(9-5-6-9)11(13)14-2/h8-10H,3-7H2,1-2H3. The highest BCUT2D eigenvalue weighted by molar-refractivity contribution is 5.76. The number of hydrogen-bond donors (Lipinski definition) is 0. The first-order valence-corrected chi connectivity index (χ1v) is 5.50. The Hall–Kier alpha value is -0.570. The van der Waals surface area contributed by atoms with Crippen LogP contribution in [-0.4, -0.2) is 37.6 Å². The van der Waals surface area contributed by atoms with Gasteiger partial charge in [0, 0.05) is 6.54 Å². The third-order valence-electron chi connectivity index (χ3n) is 3.23. The number of methoxy groups -OCH3 is 1. The molecule has 80 valence electrons. The molecule has 2 fully saturated rings. The monoisotopic (exact) mass is 197 g/mol. The maximum atomic E-state index is 11.6. The van der Waals surface area contributed by atoms with Crippen molar-refractivity contribution in [2.75, 3.05) is 20.7 Å². The van der Waals surface area contributed by atoms with Crippen LogP contribution in [0.4, 0.5) is 0 Å². The molecule has 0 aromatic carbocycles. The summed E-state index contributed by atoms with van der Waals surface area (Å²) < 4.78 is 4.86. The summed E-state index contributed by atoms with van der Waals surface area (Å²) in [4.78, 5) is 13.8. The molecule has 0 aromatic heterocycles. The molecule has 0 aromatic rings. The molecule has 0 heterocycles. The fourth-order valence-corrected chi connectivity index (χ4v) is 2.09. The third kappa shape index (κ3) is 2.27. The lowest BCUT2D eigenvalue weighted by Crippen LogP contribution is -2.42. The fourth-order valence-electron chi connectivity index (χ4n) is 2.09. The van der Waals surface area contributed by atoms with Crippen LogP contribution in [0, 0.1) is 11.8 Å². The summed E-state index contributed by atoms with van der Waals surface area (Å²) in [5.41, 5.74) is 0. The van der Waals surface area contributed by atoms with Crippen molar-refractivity contribution in [2.45, 2.75) is 31.7 Å². The molecule has 14 heavy (non-hydrogen) atoms. The minimum atomic E-state index is -0.0457. The van der Waals surface area contributed by atoms with Crippen LogP contribution in [0.25, 0.3) is 0 Å². The lowest BCUT2D eigenvalue weighted by molar-refractivity contribution is -0.147. The Bertz CT molecular complexity index is 221. The van der Waals surface area contributed by atoms with E-state index < -0.39 is 0 Å². The lowest BCUT2D eigenvalue weighted by atomic mass is 10.1. The molecule has 0 saturated heterocycles. The molecule has 2 aliphatic rings. The van der Waals surface area contributed by atoms with Gasteiger partial charge < -0.3 is 4.74 Å². The van der Waals surface area contributed by atoms with Crippen molar-refractivity contribution in [1.29, 1.82) is 0 Å². The van der Waals surface area contributed by atoms with E-state index in [1.54, 1.807) is 0 Å². The van der Waals surface area contributed by atoms with E-state index in [4.69, 9.17) is 4.74 Å². The molecule has 0 amide bonds. The van der Waals surface area contributed by atoms with E-state index in [1.165, 1.54) is 32.8 Å². The van der Waals surface area contributed by atoms with Gasteiger partial charge in [0.2, 0.25) is 0 Å². The van der Waals surface area contributed by atoms with Crippen LogP contribution >= 0.6 is 0 Å². The Morgan fingerprint density at radius 2 is 2.07 bits per heavy atom. The third-order valence-corrected chi connectivity index (χ3v) is 3.23. The first-order chi connectivity index (χ1) is 6.72. The van der Waals surface area contributed by atoms with E-state index >= 15 is 0 Å². The number of nitrogens with zero attached hydrogens (tertiary/aromatic N) is 1. The number of carbonyl (C=O) groups excluding carboxylic acids is 1. The van der Waals surface area contributed by atoms with Crippen LogP contribution in [0.1, 0.15) is 25.7 Å². The number of carbonyl (C=O) groups is 1. The normalized spacial score (nSPS) is 23.6.